The summed E-state index contributed by atoms with van der Waals surface area (Å²) in [5, 5.41) is 0. The Morgan fingerprint density at radius 1 is 0.643 bits per heavy atom. The molecule has 0 bridgehead atoms. The first kappa shape index (κ1) is 19.9. The second-order valence-corrected chi connectivity index (χ2v) is 6.04. The molecule has 1 nitrogen and oxygen atoms in total. The van der Waals surface area contributed by atoms with Crippen LogP contribution in [0.2, 0.25) is 0 Å². The molecule has 0 aliphatic carbocycles. The molecule has 9 heteroatoms. The summed E-state index contributed by atoms with van der Waals surface area (Å²) in [6.45, 7) is 0. The zero-order chi connectivity index (χ0) is 20.7. The molecule has 0 radical (unpaired) electrons. The summed E-state index contributed by atoms with van der Waals surface area (Å²) >= 11 is 0. The summed E-state index contributed by atoms with van der Waals surface area (Å²) in [6, 6.07) is 9.73. The van der Waals surface area contributed by atoms with Gasteiger partial charge in [-0.2, -0.15) is 26.3 Å². The maximum Gasteiger partial charge on any atom is 0.405 e. The minimum atomic E-state index is -5.58. The van der Waals surface area contributed by atoms with Crippen LogP contribution in [0.4, 0.5) is 35.1 Å². The Kier molecular flexibility index (Phi) is 4.95. The number of nitrogens with one attached hydrogen (secondary N) is 1. The van der Waals surface area contributed by atoms with E-state index in [2.05, 4.69) is 4.98 Å². The molecule has 0 amide bonds. The Morgan fingerprint density at radius 3 is 1.50 bits per heavy atom. The van der Waals surface area contributed by atoms with Crippen LogP contribution >= 0.6 is 0 Å². The number of aromatic amines is 1. The highest BCUT2D eigenvalue weighted by molar-refractivity contribution is 5.82. The van der Waals surface area contributed by atoms with Gasteiger partial charge >= 0.3 is 12.4 Å². The van der Waals surface area contributed by atoms with Crippen LogP contribution in [0.1, 0.15) is 11.6 Å². The van der Waals surface area contributed by atoms with Gasteiger partial charge in [-0.3, -0.25) is 0 Å². The lowest BCUT2D eigenvalue weighted by atomic mass is 9.99. The highest BCUT2D eigenvalue weighted by Crippen LogP contribution is 2.48. The van der Waals surface area contributed by atoms with Crippen molar-refractivity contribution in [2.24, 2.45) is 0 Å². The second kappa shape index (κ2) is 6.96. The molecule has 1 heterocycles. The van der Waals surface area contributed by atoms with Crippen LogP contribution in [0.25, 0.3) is 22.4 Å². The van der Waals surface area contributed by atoms with E-state index in [1.165, 1.54) is 24.3 Å². The standard InChI is InChI=1S/C19H11F8N/c20-12-5-1-10(2-6-12)14-9-15(17(18(22,23)24)19(25,26)27)28-16(14)11-3-7-13(21)8-4-11/h1-9,17,28H. The number of aromatic nitrogens is 1. The molecule has 0 saturated heterocycles. The molecule has 3 aromatic rings. The van der Waals surface area contributed by atoms with Gasteiger partial charge in [-0.05, 0) is 53.6 Å². The lowest BCUT2D eigenvalue weighted by Crippen LogP contribution is -2.34. The number of hydrogen-bond donors (Lipinski definition) is 1. The molecule has 0 spiro atoms. The minimum Gasteiger partial charge on any atom is -0.357 e. The molecule has 1 aromatic heterocycles. The molecule has 0 atom stereocenters. The van der Waals surface area contributed by atoms with Gasteiger partial charge < -0.3 is 4.98 Å². The third kappa shape index (κ3) is 4.02. The fraction of sp³-hybridized carbons (Fsp3) is 0.158. The van der Waals surface area contributed by atoms with Crippen LogP contribution in [-0.2, 0) is 0 Å². The highest BCUT2D eigenvalue weighted by Gasteiger charge is 2.58. The topological polar surface area (TPSA) is 15.8 Å². The molecule has 1 N–H and O–H groups in total. The normalized spacial score (nSPS) is 12.6. The molecule has 3 rings (SSSR count). The molecule has 0 aliphatic rings. The van der Waals surface area contributed by atoms with Gasteiger partial charge in [-0.25, -0.2) is 8.78 Å². The number of hydrogen-bond acceptors (Lipinski definition) is 0. The molecule has 28 heavy (non-hydrogen) atoms. The van der Waals surface area contributed by atoms with E-state index in [9.17, 15) is 35.1 Å². The van der Waals surface area contributed by atoms with E-state index in [-0.39, 0.29) is 22.4 Å². The van der Waals surface area contributed by atoms with Crippen molar-refractivity contribution in [3.63, 3.8) is 0 Å². The van der Waals surface area contributed by atoms with Crippen LogP contribution in [0.15, 0.2) is 54.6 Å². The molecule has 0 aliphatic heterocycles. The summed E-state index contributed by atoms with van der Waals surface area (Å²) in [5.41, 5.74) is -0.805. The van der Waals surface area contributed by atoms with E-state index in [1.54, 1.807) is 0 Å². The van der Waals surface area contributed by atoms with Gasteiger partial charge in [-0.15, -0.1) is 0 Å². The summed E-state index contributed by atoms with van der Waals surface area (Å²) < 4.78 is 105. The largest absolute Gasteiger partial charge is 0.405 e. The second-order valence-electron chi connectivity index (χ2n) is 6.04. The van der Waals surface area contributed by atoms with Gasteiger partial charge in [0.25, 0.3) is 0 Å². The van der Waals surface area contributed by atoms with Crippen LogP contribution in [0, 0.1) is 11.6 Å². The Morgan fingerprint density at radius 2 is 1.07 bits per heavy atom. The average molecular weight is 405 g/mol. The van der Waals surface area contributed by atoms with Gasteiger partial charge in [0.1, 0.15) is 11.6 Å². The van der Waals surface area contributed by atoms with E-state index in [0.717, 1.165) is 30.3 Å². The minimum absolute atomic E-state index is 0.000100. The molecule has 0 fully saturated rings. The molecule has 2 aromatic carbocycles. The molecule has 0 unspecified atom stereocenters. The first-order chi connectivity index (χ1) is 13.0. The maximum atomic E-state index is 13.2. The van der Waals surface area contributed by atoms with Crippen molar-refractivity contribution in [1.82, 2.24) is 4.98 Å². The van der Waals surface area contributed by atoms with Gasteiger partial charge in [0.15, 0.2) is 5.92 Å². The molecular weight excluding hydrogens is 394 g/mol. The van der Waals surface area contributed by atoms with Crippen molar-refractivity contribution in [1.29, 1.82) is 0 Å². The van der Waals surface area contributed by atoms with Crippen LogP contribution in [0.5, 0.6) is 0 Å². The summed E-state index contributed by atoms with van der Waals surface area (Å²) in [4.78, 5) is 2.19. The zero-order valence-corrected chi connectivity index (χ0v) is 13.8. The van der Waals surface area contributed by atoms with Crippen LogP contribution < -0.4 is 0 Å². The lowest BCUT2D eigenvalue weighted by Gasteiger charge is -2.21. The molecule has 148 valence electrons. The number of rotatable bonds is 3. The fourth-order valence-corrected chi connectivity index (χ4v) is 2.87. The van der Waals surface area contributed by atoms with Crippen molar-refractivity contribution >= 4 is 0 Å². The number of halogens is 8. The summed E-state index contributed by atoms with van der Waals surface area (Å²) in [5.74, 6) is -4.97. The van der Waals surface area contributed by atoms with Crippen molar-refractivity contribution in [3.8, 4) is 22.4 Å². The van der Waals surface area contributed by atoms with Crippen molar-refractivity contribution in [3.05, 3.63) is 71.9 Å². The Hall–Kier alpha value is -2.84. The van der Waals surface area contributed by atoms with Gasteiger partial charge in [0.05, 0.1) is 5.69 Å². The Bertz CT molecular complexity index is 873. The van der Waals surface area contributed by atoms with Gasteiger partial charge in [0.2, 0.25) is 0 Å². The Balaban J connectivity index is 2.22. The number of H-pyrrole nitrogens is 1. The van der Waals surface area contributed by atoms with E-state index < -0.39 is 35.6 Å². The monoisotopic (exact) mass is 405 g/mol. The Labute approximate surface area is 153 Å². The third-order valence-electron chi connectivity index (χ3n) is 4.09. The predicted molar refractivity (Wildman–Crippen MR) is 86.4 cm³/mol. The molecular formula is C19H11F8N. The quantitative estimate of drug-likeness (QED) is 0.460. The summed E-state index contributed by atoms with van der Waals surface area (Å²) in [7, 11) is 0. The van der Waals surface area contributed by atoms with E-state index in [1.807, 2.05) is 0 Å². The number of benzene rings is 2. The van der Waals surface area contributed by atoms with Crippen LogP contribution in [0.3, 0.4) is 0 Å². The van der Waals surface area contributed by atoms with Crippen molar-refractivity contribution < 1.29 is 35.1 Å². The first-order valence-corrected chi connectivity index (χ1v) is 7.85. The summed E-state index contributed by atoms with van der Waals surface area (Å²) in [6.07, 6.45) is -11.2. The van der Waals surface area contributed by atoms with Crippen molar-refractivity contribution in [2.45, 2.75) is 18.3 Å². The van der Waals surface area contributed by atoms with Gasteiger partial charge in [0, 0.05) is 11.3 Å². The van der Waals surface area contributed by atoms with Crippen LogP contribution in [-0.4, -0.2) is 17.3 Å². The predicted octanol–water partition coefficient (Wildman–Crippen LogP) is 6.84. The smallest absolute Gasteiger partial charge is 0.357 e. The fourth-order valence-electron chi connectivity index (χ4n) is 2.87. The molecule has 0 saturated carbocycles. The van der Waals surface area contributed by atoms with Crippen molar-refractivity contribution in [2.75, 3.05) is 0 Å². The average Bonchev–Trinajstić information content (AvgIpc) is 2.97. The highest BCUT2D eigenvalue weighted by atomic mass is 19.4. The van der Waals surface area contributed by atoms with E-state index in [4.69, 9.17) is 0 Å². The zero-order valence-electron chi connectivity index (χ0n) is 13.8. The number of alkyl halides is 6. The van der Waals surface area contributed by atoms with Gasteiger partial charge in [-0.1, -0.05) is 12.1 Å². The maximum absolute atomic E-state index is 13.2. The van der Waals surface area contributed by atoms with E-state index >= 15 is 0 Å². The SMILES string of the molecule is Fc1ccc(-c2cc(C(C(F)(F)F)C(F)(F)F)[nH]c2-c2ccc(F)cc2)cc1. The third-order valence-corrected chi connectivity index (χ3v) is 4.09. The first-order valence-electron chi connectivity index (χ1n) is 7.85. The lowest BCUT2D eigenvalue weighted by molar-refractivity contribution is -0.254. The van der Waals surface area contributed by atoms with E-state index in [0.29, 0.717) is 0 Å².